The van der Waals surface area contributed by atoms with Gasteiger partial charge in [0.15, 0.2) is 6.29 Å². The van der Waals surface area contributed by atoms with Crippen LogP contribution in [0.15, 0.2) is 0 Å². The van der Waals surface area contributed by atoms with Crippen LogP contribution in [-0.2, 0) is 30.8 Å². The minimum Gasteiger partial charge on any atom is -0.505 e. The molecule has 1 aromatic rings. The van der Waals surface area contributed by atoms with Crippen LogP contribution in [0.1, 0.15) is 34.5 Å². The maximum absolute atomic E-state index is 11.7. The molecule has 9 nitrogen and oxygen atoms in total. The molecule has 0 atom stereocenters. The van der Waals surface area contributed by atoms with Crippen molar-refractivity contribution in [2.24, 2.45) is 0 Å². The third kappa shape index (κ3) is 3.09. The fourth-order valence-corrected chi connectivity index (χ4v) is 1.73. The molecule has 0 unspecified atom stereocenters. The summed E-state index contributed by atoms with van der Waals surface area (Å²) in [5.74, 6) is -3.84. The van der Waals surface area contributed by atoms with Crippen LogP contribution in [0.25, 0.3) is 0 Å². The lowest BCUT2D eigenvalue weighted by atomic mass is 10.1. The maximum atomic E-state index is 11.7. The van der Waals surface area contributed by atoms with E-state index < -0.39 is 36.5 Å². The number of pyridine rings is 1. The SMILES string of the molecule is Cc1nc2c(c(C=O)c1O)COOC(=O)CCC(=O)C(=O)O2. The van der Waals surface area contributed by atoms with Gasteiger partial charge in [0.1, 0.15) is 12.4 Å². The summed E-state index contributed by atoms with van der Waals surface area (Å²) in [6.45, 7) is 0.891. The second-order valence-corrected chi connectivity index (χ2v) is 4.39. The number of ketones is 1. The van der Waals surface area contributed by atoms with Gasteiger partial charge in [0, 0.05) is 6.42 Å². The van der Waals surface area contributed by atoms with Crippen LogP contribution >= 0.6 is 0 Å². The topological polar surface area (TPSA) is 129 Å². The third-order valence-corrected chi connectivity index (χ3v) is 2.90. The highest BCUT2D eigenvalue weighted by Gasteiger charge is 2.26. The molecule has 22 heavy (non-hydrogen) atoms. The number of aromatic hydroxyl groups is 1. The van der Waals surface area contributed by atoms with Gasteiger partial charge in [0.05, 0.1) is 23.2 Å². The molecule has 0 saturated heterocycles. The first-order chi connectivity index (χ1) is 10.4. The number of Topliss-reactive ketones (excluding diaryl/α,β-unsaturated/α-hetero) is 1. The van der Waals surface area contributed by atoms with E-state index in [1.165, 1.54) is 6.92 Å². The molecule has 0 spiro atoms. The summed E-state index contributed by atoms with van der Waals surface area (Å²) >= 11 is 0. The van der Waals surface area contributed by atoms with Crippen molar-refractivity contribution in [3.8, 4) is 11.6 Å². The van der Waals surface area contributed by atoms with Crippen molar-refractivity contribution >= 4 is 24.0 Å². The number of aryl methyl sites for hydroxylation is 1. The van der Waals surface area contributed by atoms with Gasteiger partial charge in [-0.1, -0.05) is 0 Å². The number of fused-ring (bicyclic) bond motifs is 1. The highest BCUT2D eigenvalue weighted by molar-refractivity contribution is 6.34. The molecule has 1 aromatic heterocycles. The molecule has 116 valence electrons. The molecule has 1 aliphatic rings. The average Bonchev–Trinajstić information content (AvgIpc) is 2.50. The summed E-state index contributed by atoms with van der Waals surface area (Å²) in [4.78, 5) is 58.4. The lowest BCUT2D eigenvalue weighted by Gasteiger charge is -2.12. The van der Waals surface area contributed by atoms with Gasteiger partial charge in [-0.05, 0) is 6.92 Å². The predicted molar refractivity (Wildman–Crippen MR) is 66.8 cm³/mol. The first kappa shape index (κ1) is 15.6. The van der Waals surface area contributed by atoms with Gasteiger partial charge in [-0.2, -0.15) is 4.89 Å². The minimum absolute atomic E-state index is 0.0213. The van der Waals surface area contributed by atoms with E-state index in [1.807, 2.05) is 0 Å². The molecule has 1 aliphatic heterocycles. The van der Waals surface area contributed by atoms with Crippen molar-refractivity contribution in [2.45, 2.75) is 26.4 Å². The fraction of sp³-hybridized carbons (Fsp3) is 0.308. The summed E-state index contributed by atoms with van der Waals surface area (Å²) in [6, 6.07) is 0. The first-order valence-corrected chi connectivity index (χ1v) is 6.19. The van der Waals surface area contributed by atoms with Gasteiger partial charge in [-0.3, -0.25) is 14.5 Å². The zero-order chi connectivity index (χ0) is 16.3. The number of rotatable bonds is 1. The third-order valence-electron chi connectivity index (χ3n) is 2.90. The standard InChI is InChI=1S/C13H11NO8/c1-6-11(18)7(4-15)8-5-20-22-10(17)3-2-9(16)13(19)21-12(8)14-6/h4,18H,2-3,5H2,1H3. The number of aromatic nitrogens is 1. The molecular weight excluding hydrogens is 298 g/mol. The lowest BCUT2D eigenvalue weighted by Crippen LogP contribution is -2.22. The molecular formula is C13H11NO8. The summed E-state index contributed by atoms with van der Waals surface area (Å²) in [5, 5.41) is 9.80. The monoisotopic (exact) mass is 309 g/mol. The Kier molecular flexibility index (Phi) is 4.47. The Morgan fingerprint density at radius 3 is 2.64 bits per heavy atom. The highest BCUT2D eigenvalue weighted by atomic mass is 17.2. The van der Waals surface area contributed by atoms with Crippen molar-refractivity contribution in [1.82, 2.24) is 4.98 Å². The van der Waals surface area contributed by atoms with Gasteiger partial charge < -0.3 is 9.84 Å². The zero-order valence-corrected chi connectivity index (χ0v) is 11.5. The Balaban J connectivity index is 2.51. The molecule has 0 radical (unpaired) electrons. The summed E-state index contributed by atoms with van der Waals surface area (Å²) < 4.78 is 4.84. The molecule has 2 heterocycles. The van der Waals surface area contributed by atoms with Gasteiger partial charge in [0.25, 0.3) is 0 Å². The van der Waals surface area contributed by atoms with Crippen LogP contribution in [0, 0.1) is 6.92 Å². The van der Waals surface area contributed by atoms with Gasteiger partial charge in [-0.15, -0.1) is 0 Å². The number of esters is 1. The van der Waals surface area contributed by atoms with E-state index in [1.54, 1.807) is 0 Å². The molecule has 0 aromatic carbocycles. The van der Waals surface area contributed by atoms with E-state index >= 15 is 0 Å². The van der Waals surface area contributed by atoms with E-state index in [0.29, 0.717) is 6.29 Å². The number of carbonyl (C=O) groups is 4. The zero-order valence-electron chi connectivity index (χ0n) is 11.5. The van der Waals surface area contributed by atoms with Gasteiger partial charge in [-0.25, -0.2) is 14.6 Å². The Morgan fingerprint density at radius 1 is 1.23 bits per heavy atom. The fourth-order valence-electron chi connectivity index (χ4n) is 1.73. The summed E-state index contributed by atoms with van der Waals surface area (Å²) in [5.41, 5.74) is -0.333. The second-order valence-electron chi connectivity index (χ2n) is 4.39. The smallest absolute Gasteiger partial charge is 0.381 e. The number of hydrogen-bond donors (Lipinski definition) is 1. The molecule has 0 bridgehead atoms. The highest BCUT2D eigenvalue weighted by Crippen LogP contribution is 2.30. The number of aldehydes is 1. The molecule has 9 heteroatoms. The number of hydrogen-bond acceptors (Lipinski definition) is 9. The van der Waals surface area contributed by atoms with Crippen LogP contribution in [0.4, 0.5) is 0 Å². The van der Waals surface area contributed by atoms with E-state index in [9.17, 15) is 24.3 Å². The number of nitrogens with zero attached hydrogens (tertiary/aromatic N) is 1. The van der Waals surface area contributed by atoms with Crippen LogP contribution in [-0.4, -0.2) is 34.1 Å². The lowest BCUT2D eigenvalue weighted by molar-refractivity contribution is -0.280. The van der Waals surface area contributed by atoms with Gasteiger partial charge in [0.2, 0.25) is 11.7 Å². The van der Waals surface area contributed by atoms with Crippen molar-refractivity contribution in [3.63, 3.8) is 0 Å². The average molecular weight is 309 g/mol. The van der Waals surface area contributed by atoms with Crippen molar-refractivity contribution < 1.29 is 38.8 Å². The molecule has 0 saturated carbocycles. The molecule has 0 aliphatic carbocycles. The van der Waals surface area contributed by atoms with E-state index in [2.05, 4.69) is 14.8 Å². The van der Waals surface area contributed by atoms with Crippen LogP contribution in [0.3, 0.4) is 0 Å². The Morgan fingerprint density at radius 2 is 1.95 bits per heavy atom. The second kappa shape index (κ2) is 6.31. The minimum atomic E-state index is -1.23. The largest absolute Gasteiger partial charge is 0.505 e. The van der Waals surface area contributed by atoms with Crippen molar-refractivity contribution in [1.29, 1.82) is 0 Å². The normalized spacial score (nSPS) is 16.1. The number of ether oxygens (including phenoxy) is 1. The van der Waals surface area contributed by atoms with Crippen LogP contribution in [0.5, 0.6) is 11.6 Å². The molecule has 1 N–H and O–H groups in total. The Labute approximate surface area is 123 Å². The predicted octanol–water partition coefficient (Wildman–Crippen LogP) is 0.151. The molecule has 2 rings (SSSR count). The molecule has 0 fully saturated rings. The van der Waals surface area contributed by atoms with E-state index in [0.717, 1.165) is 0 Å². The van der Waals surface area contributed by atoms with E-state index in [4.69, 9.17) is 4.74 Å². The van der Waals surface area contributed by atoms with Crippen LogP contribution in [0.2, 0.25) is 0 Å². The summed E-state index contributed by atoms with van der Waals surface area (Å²) in [7, 11) is 0. The summed E-state index contributed by atoms with van der Waals surface area (Å²) in [6.07, 6.45) is -0.459. The van der Waals surface area contributed by atoms with E-state index in [-0.39, 0.29) is 29.1 Å². The van der Waals surface area contributed by atoms with Crippen molar-refractivity contribution in [2.75, 3.05) is 0 Å². The Hall–Kier alpha value is -2.81. The maximum Gasteiger partial charge on any atom is 0.381 e. The Bertz CT molecular complexity index is 666. The molecule has 0 amide bonds. The van der Waals surface area contributed by atoms with Gasteiger partial charge >= 0.3 is 11.9 Å². The number of carbonyl (C=O) groups excluding carboxylic acids is 4. The quantitative estimate of drug-likeness (QED) is 0.333. The first-order valence-electron chi connectivity index (χ1n) is 6.19. The van der Waals surface area contributed by atoms with Crippen molar-refractivity contribution in [3.05, 3.63) is 16.8 Å². The van der Waals surface area contributed by atoms with Crippen LogP contribution < -0.4 is 4.74 Å².